The lowest BCUT2D eigenvalue weighted by Crippen LogP contribution is -2.30. The number of amides is 2. The first-order valence-corrected chi connectivity index (χ1v) is 7.75. The van der Waals surface area contributed by atoms with Crippen LogP contribution in [-0.4, -0.2) is 23.8 Å². The van der Waals surface area contributed by atoms with Gasteiger partial charge in [-0.2, -0.15) is 0 Å². The summed E-state index contributed by atoms with van der Waals surface area (Å²) in [6.07, 6.45) is 0.801. The molecule has 2 rings (SSSR count). The van der Waals surface area contributed by atoms with E-state index in [9.17, 15) is 9.59 Å². The number of carbonyl (C=O) groups is 2. The molecule has 0 heterocycles. The second-order valence-corrected chi connectivity index (χ2v) is 5.51. The van der Waals surface area contributed by atoms with E-state index in [1.165, 1.54) is 5.56 Å². The molecule has 0 saturated heterocycles. The van der Waals surface area contributed by atoms with Gasteiger partial charge in [0.15, 0.2) is 0 Å². The Morgan fingerprint density at radius 2 is 1.61 bits per heavy atom. The highest BCUT2D eigenvalue weighted by molar-refractivity contribution is 6.03. The number of nitrogens with one attached hydrogen (secondary N) is 1. The van der Waals surface area contributed by atoms with Gasteiger partial charge in [-0.15, -0.1) is 0 Å². The maximum Gasteiger partial charge on any atom is 0.233 e. The van der Waals surface area contributed by atoms with Crippen molar-refractivity contribution in [1.29, 1.82) is 0 Å². The zero-order chi connectivity index (χ0) is 16.7. The Bertz CT molecular complexity index is 651. The Hall–Kier alpha value is -2.62. The molecule has 2 aromatic carbocycles. The Morgan fingerprint density at radius 3 is 2.22 bits per heavy atom. The molecular formula is C19H22N2O2. The van der Waals surface area contributed by atoms with Crippen LogP contribution in [0.1, 0.15) is 24.5 Å². The molecule has 4 heteroatoms. The van der Waals surface area contributed by atoms with Gasteiger partial charge in [0, 0.05) is 19.3 Å². The quantitative estimate of drug-likeness (QED) is 0.833. The normalized spacial score (nSPS) is 10.2. The number of hydrogen-bond donors (Lipinski definition) is 1. The fourth-order valence-electron chi connectivity index (χ4n) is 2.25. The number of rotatable bonds is 6. The molecule has 0 fully saturated rings. The zero-order valence-corrected chi connectivity index (χ0v) is 13.6. The van der Waals surface area contributed by atoms with Gasteiger partial charge >= 0.3 is 0 Å². The van der Waals surface area contributed by atoms with Crippen molar-refractivity contribution in [3.05, 3.63) is 65.7 Å². The third-order valence-electron chi connectivity index (χ3n) is 3.65. The van der Waals surface area contributed by atoms with E-state index in [0.717, 1.165) is 12.0 Å². The Labute approximate surface area is 137 Å². The summed E-state index contributed by atoms with van der Waals surface area (Å²) in [4.78, 5) is 25.7. The van der Waals surface area contributed by atoms with Crippen molar-refractivity contribution < 1.29 is 9.59 Å². The fourth-order valence-corrected chi connectivity index (χ4v) is 2.25. The van der Waals surface area contributed by atoms with Crippen molar-refractivity contribution >= 4 is 17.5 Å². The lowest BCUT2D eigenvalue weighted by atomic mass is 10.1. The molecule has 0 spiro atoms. The van der Waals surface area contributed by atoms with Gasteiger partial charge in [-0.25, -0.2) is 0 Å². The van der Waals surface area contributed by atoms with Crippen LogP contribution in [-0.2, 0) is 22.6 Å². The van der Waals surface area contributed by atoms with Crippen molar-refractivity contribution in [2.75, 3.05) is 12.4 Å². The predicted molar refractivity (Wildman–Crippen MR) is 92.0 cm³/mol. The van der Waals surface area contributed by atoms with Gasteiger partial charge in [-0.05, 0) is 29.7 Å². The molecule has 23 heavy (non-hydrogen) atoms. The van der Waals surface area contributed by atoms with Gasteiger partial charge in [0.05, 0.1) is 0 Å². The topological polar surface area (TPSA) is 49.4 Å². The van der Waals surface area contributed by atoms with Crippen molar-refractivity contribution in [1.82, 2.24) is 4.90 Å². The van der Waals surface area contributed by atoms with E-state index in [1.807, 2.05) is 54.6 Å². The van der Waals surface area contributed by atoms with E-state index in [4.69, 9.17) is 0 Å². The van der Waals surface area contributed by atoms with E-state index in [0.29, 0.717) is 12.2 Å². The number of nitrogens with zero attached hydrogens (tertiary/aromatic N) is 1. The Morgan fingerprint density at radius 1 is 0.957 bits per heavy atom. The molecule has 0 aromatic heterocycles. The molecule has 2 amide bonds. The first kappa shape index (κ1) is 16.7. The standard InChI is InChI=1S/C19H22N2O2/c1-3-15-9-11-17(12-10-15)20-18(22)13-19(23)21(2)14-16-7-5-4-6-8-16/h4-12H,3,13-14H2,1-2H3,(H,20,22). The third-order valence-corrected chi connectivity index (χ3v) is 3.65. The molecule has 4 nitrogen and oxygen atoms in total. The van der Waals surface area contributed by atoms with Crippen molar-refractivity contribution in [2.45, 2.75) is 26.3 Å². The molecule has 2 aromatic rings. The molecule has 0 aliphatic rings. The molecule has 0 bridgehead atoms. The SMILES string of the molecule is CCc1ccc(NC(=O)CC(=O)N(C)Cc2ccccc2)cc1. The van der Waals surface area contributed by atoms with Crippen LogP contribution in [0.4, 0.5) is 5.69 Å². The van der Waals surface area contributed by atoms with Crippen LogP contribution < -0.4 is 5.32 Å². The van der Waals surface area contributed by atoms with Crippen LogP contribution in [0.25, 0.3) is 0 Å². The van der Waals surface area contributed by atoms with Crippen LogP contribution in [0.3, 0.4) is 0 Å². The molecule has 0 aliphatic heterocycles. The minimum atomic E-state index is -0.292. The monoisotopic (exact) mass is 310 g/mol. The van der Waals surface area contributed by atoms with Gasteiger partial charge in [-0.3, -0.25) is 9.59 Å². The van der Waals surface area contributed by atoms with E-state index < -0.39 is 0 Å². The molecule has 120 valence electrons. The van der Waals surface area contributed by atoms with E-state index in [1.54, 1.807) is 11.9 Å². The summed E-state index contributed by atoms with van der Waals surface area (Å²) in [7, 11) is 1.71. The summed E-state index contributed by atoms with van der Waals surface area (Å²) < 4.78 is 0. The molecule has 0 unspecified atom stereocenters. The summed E-state index contributed by atoms with van der Waals surface area (Å²) in [5.74, 6) is -0.490. The van der Waals surface area contributed by atoms with Gasteiger partial charge < -0.3 is 10.2 Å². The fraction of sp³-hybridized carbons (Fsp3) is 0.263. The third kappa shape index (κ3) is 5.25. The molecule has 0 atom stereocenters. The number of carbonyl (C=O) groups excluding carboxylic acids is 2. The zero-order valence-electron chi connectivity index (χ0n) is 13.6. The smallest absolute Gasteiger partial charge is 0.233 e. The van der Waals surface area contributed by atoms with Crippen molar-refractivity contribution in [2.24, 2.45) is 0 Å². The average Bonchev–Trinajstić information content (AvgIpc) is 2.56. The second-order valence-electron chi connectivity index (χ2n) is 5.51. The lowest BCUT2D eigenvalue weighted by Gasteiger charge is -2.17. The summed E-state index contributed by atoms with van der Waals surface area (Å²) in [6.45, 7) is 2.58. The summed E-state index contributed by atoms with van der Waals surface area (Å²) in [5, 5.41) is 2.76. The van der Waals surface area contributed by atoms with Crippen LogP contribution in [0, 0.1) is 0 Å². The van der Waals surface area contributed by atoms with Gasteiger partial charge in [0.1, 0.15) is 6.42 Å². The minimum Gasteiger partial charge on any atom is -0.341 e. The van der Waals surface area contributed by atoms with Crippen LogP contribution in [0.2, 0.25) is 0 Å². The van der Waals surface area contributed by atoms with Gasteiger partial charge in [-0.1, -0.05) is 49.4 Å². The van der Waals surface area contributed by atoms with Crippen LogP contribution in [0.15, 0.2) is 54.6 Å². The van der Waals surface area contributed by atoms with E-state index in [2.05, 4.69) is 12.2 Å². The summed E-state index contributed by atoms with van der Waals surface area (Å²) in [6, 6.07) is 17.4. The van der Waals surface area contributed by atoms with Gasteiger partial charge in [0.25, 0.3) is 0 Å². The number of aryl methyl sites for hydroxylation is 1. The number of benzene rings is 2. The average molecular weight is 310 g/mol. The maximum atomic E-state index is 12.1. The highest BCUT2D eigenvalue weighted by Crippen LogP contribution is 2.11. The predicted octanol–water partition coefficient (Wildman–Crippen LogP) is 3.24. The number of hydrogen-bond acceptors (Lipinski definition) is 2. The minimum absolute atomic E-state index is 0.154. The van der Waals surface area contributed by atoms with E-state index >= 15 is 0 Å². The van der Waals surface area contributed by atoms with E-state index in [-0.39, 0.29) is 18.2 Å². The Kier molecular flexibility index (Phi) is 5.92. The van der Waals surface area contributed by atoms with Crippen molar-refractivity contribution in [3.63, 3.8) is 0 Å². The van der Waals surface area contributed by atoms with Gasteiger partial charge in [0.2, 0.25) is 11.8 Å². The maximum absolute atomic E-state index is 12.1. The summed E-state index contributed by atoms with van der Waals surface area (Å²) in [5.41, 5.74) is 2.96. The lowest BCUT2D eigenvalue weighted by molar-refractivity contribution is -0.133. The first-order chi connectivity index (χ1) is 11.1. The largest absolute Gasteiger partial charge is 0.341 e. The molecule has 1 N–H and O–H groups in total. The first-order valence-electron chi connectivity index (χ1n) is 7.75. The molecule has 0 aliphatic carbocycles. The Balaban J connectivity index is 1.84. The highest BCUT2D eigenvalue weighted by Gasteiger charge is 2.14. The summed E-state index contributed by atoms with van der Waals surface area (Å²) >= 11 is 0. The van der Waals surface area contributed by atoms with Crippen LogP contribution >= 0.6 is 0 Å². The second kappa shape index (κ2) is 8.13. The van der Waals surface area contributed by atoms with Crippen LogP contribution in [0.5, 0.6) is 0 Å². The highest BCUT2D eigenvalue weighted by atomic mass is 16.2. The molecule has 0 radical (unpaired) electrons. The van der Waals surface area contributed by atoms with Crippen molar-refractivity contribution in [3.8, 4) is 0 Å². The molecular weight excluding hydrogens is 288 g/mol. The molecule has 0 saturated carbocycles. The number of anilines is 1.